The third kappa shape index (κ3) is 3.02. The molecular weight excluding hydrogens is 194 g/mol. The summed E-state index contributed by atoms with van der Waals surface area (Å²) < 4.78 is 1.75. The van der Waals surface area contributed by atoms with E-state index in [9.17, 15) is 4.79 Å². The van der Waals surface area contributed by atoms with Crippen LogP contribution in [-0.2, 0) is 18.4 Å². The third-order valence-electron chi connectivity index (χ3n) is 2.25. The number of carbonyl (C=O) groups excluding carboxylic acids is 1. The Morgan fingerprint density at radius 1 is 1.67 bits per heavy atom. The predicted molar refractivity (Wildman–Crippen MR) is 55.7 cm³/mol. The van der Waals surface area contributed by atoms with Crippen LogP contribution < -0.4 is 11.1 Å². The Morgan fingerprint density at radius 3 is 2.80 bits per heavy atom. The van der Waals surface area contributed by atoms with Gasteiger partial charge < -0.3 is 15.6 Å². The standard InChI is InChI=1S/C9H17N5O/c1-6(2)8(10)9(15)11-4-7-13-12-5-14(7)3/h5-6,8H,4,10H2,1-3H3,(H,11,15)/t8-/m1/s1. The first-order chi connectivity index (χ1) is 7.02. The molecule has 0 fully saturated rings. The van der Waals surface area contributed by atoms with Crippen LogP contribution in [0.25, 0.3) is 0 Å². The van der Waals surface area contributed by atoms with Crippen LogP contribution in [0.1, 0.15) is 19.7 Å². The summed E-state index contributed by atoms with van der Waals surface area (Å²) in [6, 6.07) is -0.474. The zero-order valence-electron chi connectivity index (χ0n) is 9.27. The smallest absolute Gasteiger partial charge is 0.237 e. The van der Waals surface area contributed by atoms with Crippen LogP contribution in [0.3, 0.4) is 0 Å². The van der Waals surface area contributed by atoms with Crippen molar-refractivity contribution < 1.29 is 4.79 Å². The number of nitrogens with one attached hydrogen (secondary N) is 1. The van der Waals surface area contributed by atoms with Gasteiger partial charge in [0.25, 0.3) is 0 Å². The minimum atomic E-state index is -0.474. The number of amides is 1. The molecule has 0 radical (unpaired) electrons. The topological polar surface area (TPSA) is 85.8 Å². The zero-order valence-corrected chi connectivity index (χ0v) is 9.27. The molecule has 0 aliphatic rings. The maximum absolute atomic E-state index is 11.5. The Bertz CT molecular complexity index is 333. The average molecular weight is 211 g/mol. The minimum absolute atomic E-state index is 0.129. The monoisotopic (exact) mass is 211 g/mol. The molecule has 0 unspecified atom stereocenters. The van der Waals surface area contributed by atoms with Crippen LogP contribution in [-0.4, -0.2) is 26.7 Å². The summed E-state index contributed by atoms with van der Waals surface area (Å²) in [4.78, 5) is 11.5. The molecule has 6 heteroatoms. The van der Waals surface area contributed by atoms with Gasteiger partial charge >= 0.3 is 0 Å². The molecule has 1 rings (SSSR count). The van der Waals surface area contributed by atoms with Crippen molar-refractivity contribution in [2.45, 2.75) is 26.4 Å². The van der Waals surface area contributed by atoms with E-state index in [1.807, 2.05) is 20.9 Å². The Kier molecular flexibility index (Phi) is 3.79. The lowest BCUT2D eigenvalue weighted by Crippen LogP contribution is -2.43. The van der Waals surface area contributed by atoms with Crippen molar-refractivity contribution in [1.82, 2.24) is 20.1 Å². The van der Waals surface area contributed by atoms with Crippen molar-refractivity contribution in [2.24, 2.45) is 18.7 Å². The van der Waals surface area contributed by atoms with Crippen molar-refractivity contribution in [2.75, 3.05) is 0 Å². The van der Waals surface area contributed by atoms with E-state index < -0.39 is 6.04 Å². The fraction of sp³-hybridized carbons (Fsp3) is 0.667. The van der Waals surface area contributed by atoms with Crippen LogP contribution in [0.15, 0.2) is 6.33 Å². The van der Waals surface area contributed by atoms with Crippen LogP contribution in [0.5, 0.6) is 0 Å². The lowest BCUT2D eigenvalue weighted by Gasteiger charge is -2.14. The normalized spacial score (nSPS) is 12.9. The number of nitrogens with zero attached hydrogens (tertiary/aromatic N) is 3. The highest BCUT2D eigenvalue weighted by Gasteiger charge is 2.17. The molecule has 6 nitrogen and oxygen atoms in total. The van der Waals surface area contributed by atoms with Gasteiger partial charge in [-0.2, -0.15) is 0 Å². The molecule has 0 aromatic carbocycles. The molecule has 1 atom stereocenters. The number of carbonyl (C=O) groups is 1. The van der Waals surface area contributed by atoms with Gasteiger partial charge in [0.05, 0.1) is 12.6 Å². The Morgan fingerprint density at radius 2 is 2.33 bits per heavy atom. The van der Waals surface area contributed by atoms with Gasteiger partial charge in [-0.15, -0.1) is 10.2 Å². The van der Waals surface area contributed by atoms with Gasteiger partial charge in [-0.3, -0.25) is 4.79 Å². The molecule has 0 spiro atoms. The maximum atomic E-state index is 11.5. The number of aromatic nitrogens is 3. The van der Waals surface area contributed by atoms with Gasteiger partial charge in [-0.1, -0.05) is 13.8 Å². The van der Waals surface area contributed by atoms with E-state index in [0.717, 1.165) is 0 Å². The summed E-state index contributed by atoms with van der Waals surface area (Å²) in [5, 5.41) is 10.3. The number of aryl methyl sites for hydroxylation is 1. The highest BCUT2D eigenvalue weighted by molar-refractivity contribution is 5.81. The average Bonchev–Trinajstić information content (AvgIpc) is 2.59. The SMILES string of the molecule is CC(C)[C@@H](N)C(=O)NCc1nncn1C. The number of hydrogen-bond acceptors (Lipinski definition) is 4. The summed E-state index contributed by atoms with van der Waals surface area (Å²) in [7, 11) is 1.82. The van der Waals surface area contributed by atoms with Gasteiger partial charge in [-0.05, 0) is 5.92 Å². The highest BCUT2D eigenvalue weighted by Crippen LogP contribution is 1.98. The van der Waals surface area contributed by atoms with Gasteiger partial charge in [0.1, 0.15) is 6.33 Å². The Balaban J connectivity index is 2.44. The summed E-state index contributed by atoms with van der Waals surface area (Å²) in [5.74, 6) is 0.678. The fourth-order valence-corrected chi connectivity index (χ4v) is 1.05. The molecule has 1 aromatic heterocycles. The van der Waals surface area contributed by atoms with Gasteiger partial charge in [0, 0.05) is 7.05 Å². The Labute approximate surface area is 88.9 Å². The molecule has 0 saturated carbocycles. The van der Waals surface area contributed by atoms with Crippen molar-refractivity contribution in [3.63, 3.8) is 0 Å². The molecule has 15 heavy (non-hydrogen) atoms. The van der Waals surface area contributed by atoms with E-state index in [0.29, 0.717) is 12.4 Å². The molecule has 0 bridgehead atoms. The van der Waals surface area contributed by atoms with E-state index in [2.05, 4.69) is 15.5 Å². The number of hydrogen-bond donors (Lipinski definition) is 2. The summed E-state index contributed by atoms with van der Waals surface area (Å²) in [6.07, 6.45) is 1.59. The molecule has 1 heterocycles. The van der Waals surface area contributed by atoms with Crippen molar-refractivity contribution in [3.05, 3.63) is 12.2 Å². The quantitative estimate of drug-likeness (QED) is 0.697. The minimum Gasteiger partial charge on any atom is -0.347 e. The second kappa shape index (κ2) is 4.88. The molecule has 1 aromatic rings. The third-order valence-corrected chi connectivity index (χ3v) is 2.25. The first kappa shape index (κ1) is 11.6. The maximum Gasteiger partial charge on any atom is 0.237 e. The molecular formula is C9H17N5O. The van der Waals surface area contributed by atoms with Gasteiger partial charge in [0.2, 0.25) is 5.91 Å². The van der Waals surface area contributed by atoms with E-state index in [4.69, 9.17) is 5.73 Å². The molecule has 1 amide bonds. The second-order valence-corrected chi connectivity index (χ2v) is 3.85. The summed E-state index contributed by atoms with van der Waals surface area (Å²) in [6.45, 7) is 4.18. The summed E-state index contributed by atoms with van der Waals surface area (Å²) >= 11 is 0. The zero-order chi connectivity index (χ0) is 11.4. The molecule has 0 aliphatic carbocycles. The van der Waals surface area contributed by atoms with Gasteiger partial charge in [-0.25, -0.2) is 0 Å². The Hall–Kier alpha value is -1.43. The summed E-state index contributed by atoms with van der Waals surface area (Å²) in [5.41, 5.74) is 5.68. The predicted octanol–water partition coefficient (Wildman–Crippen LogP) is -0.585. The largest absolute Gasteiger partial charge is 0.347 e. The van der Waals surface area contributed by atoms with E-state index in [-0.39, 0.29) is 11.8 Å². The van der Waals surface area contributed by atoms with Crippen LogP contribution in [0.2, 0.25) is 0 Å². The lowest BCUT2D eigenvalue weighted by atomic mass is 10.1. The number of nitrogens with two attached hydrogens (primary N) is 1. The fourth-order valence-electron chi connectivity index (χ4n) is 1.05. The first-order valence-electron chi connectivity index (χ1n) is 4.88. The van der Waals surface area contributed by atoms with Gasteiger partial charge in [0.15, 0.2) is 5.82 Å². The molecule has 0 aliphatic heterocycles. The number of rotatable bonds is 4. The van der Waals surface area contributed by atoms with E-state index in [1.165, 1.54) is 0 Å². The van der Waals surface area contributed by atoms with Crippen molar-refractivity contribution in [3.8, 4) is 0 Å². The highest BCUT2D eigenvalue weighted by atomic mass is 16.2. The molecule has 3 N–H and O–H groups in total. The van der Waals surface area contributed by atoms with Crippen LogP contribution >= 0.6 is 0 Å². The molecule has 84 valence electrons. The second-order valence-electron chi connectivity index (χ2n) is 3.85. The van der Waals surface area contributed by atoms with Crippen molar-refractivity contribution >= 4 is 5.91 Å². The van der Waals surface area contributed by atoms with Crippen LogP contribution in [0, 0.1) is 5.92 Å². The first-order valence-corrected chi connectivity index (χ1v) is 4.88. The van der Waals surface area contributed by atoms with E-state index >= 15 is 0 Å². The lowest BCUT2D eigenvalue weighted by molar-refractivity contribution is -0.123. The van der Waals surface area contributed by atoms with Crippen LogP contribution in [0.4, 0.5) is 0 Å². The molecule has 0 saturated heterocycles. The van der Waals surface area contributed by atoms with Crippen molar-refractivity contribution in [1.29, 1.82) is 0 Å². The van der Waals surface area contributed by atoms with E-state index in [1.54, 1.807) is 10.9 Å².